The SMILES string of the molecule is C[C@@H]1C=CC(=O)OC1(C)C. The van der Waals surface area contributed by atoms with Crippen LogP contribution in [0.2, 0.25) is 0 Å². The molecule has 0 radical (unpaired) electrons. The van der Waals surface area contributed by atoms with Crippen molar-refractivity contribution in [3.05, 3.63) is 12.2 Å². The molecule has 0 unspecified atom stereocenters. The van der Waals surface area contributed by atoms with Crippen molar-refractivity contribution in [1.29, 1.82) is 0 Å². The minimum atomic E-state index is -0.328. The van der Waals surface area contributed by atoms with Gasteiger partial charge in [0.15, 0.2) is 0 Å². The molecule has 2 nitrogen and oxygen atoms in total. The summed E-state index contributed by atoms with van der Waals surface area (Å²) in [5, 5.41) is 0. The summed E-state index contributed by atoms with van der Waals surface area (Å²) in [5.74, 6) is 0.0771. The van der Waals surface area contributed by atoms with E-state index >= 15 is 0 Å². The van der Waals surface area contributed by atoms with Crippen LogP contribution >= 0.6 is 0 Å². The normalized spacial score (nSPS) is 29.9. The zero-order valence-corrected chi connectivity index (χ0v) is 6.55. The molecule has 0 aromatic rings. The molecule has 0 saturated carbocycles. The first-order valence-electron chi connectivity index (χ1n) is 3.43. The van der Waals surface area contributed by atoms with Gasteiger partial charge in [-0.2, -0.15) is 0 Å². The van der Waals surface area contributed by atoms with Crippen LogP contribution < -0.4 is 0 Å². The summed E-state index contributed by atoms with van der Waals surface area (Å²) in [7, 11) is 0. The molecular weight excluding hydrogens is 128 g/mol. The Morgan fingerprint density at radius 1 is 1.60 bits per heavy atom. The van der Waals surface area contributed by atoms with Crippen LogP contribution in [0.1, 0.15) is 20.8 Å². The van der Waals surface area contributed by atoms with E-state index in [1.807, 2.05) is 26.8 Å². The largest absolute Gasteiger partial charge is 0.456 e. The van der Waals surface area contributed by atoms with Crippen molar-refractivity contribution >= 4 is 5.97 Å². The van der Waals surface area contributed by atoms with E-state index in [1.165, 1.54) is 6.08 Å². The fourth-order valence-corrected chi connectivity index (χ4v) is 0.841. The Kier molecular flexibility index (Phi) is 1.55. The van der Waals surface area contributed by atoms with Gasteiger partial charge in [0, 0.05) is 12.0 Å². The van der Waals surface area contributed by atoms with Gasteiger partial charge in [-0.25, -0.2) is 4.79 Å². The number of hydrogen-bond donors (Lipinski definition) is 0. The maximum Gasteiger partial charge on any atom is 0.330 e. The maximum atomic E-state index is 10.7. The predicted molar refractivity (Wildman–Crippen MR) is 38.5 cm³/mol. The third-order valence-electron chi connectivity index (χ3n) is 1.98. The topological polar surface area (TPSA) is 26.3 Å². The third kappa shape index (κ3) is 1.20. The van der Waals surface area contributed by atoms with Crippen LogP contribution in [0.3, 0.4) is 0 Å². The summed E-state index contributed by atoms with van der Waals surface area (Å²) in [6, 6.07) is 0. The molecule has 0 spiro atoms. The predicted octanol–water partition coefficient (Wildman–Crippen LogP) is 1.51. The zero-order chi connectivity index (χ0) is 7.78. The molecule has 0 aliphatic carbocycles. The van der Waals surface area contributed by atoms with Crippen molar-refractivity contribution < 1.29 is 9.53 Å². The summed E-state index contributed by atoms with van der Waals surface area (Å²) in [6.07, 6.45) is 3.36. The molecule has 0 N–H and O–H groups in total. The smallest absolute Gasteiger partial charge is 0.330 e. The number of cyclic esters (lactones) is 1. The molecule has 2 heteroatoms. The molecule has 1 rings (SSSR count). The molecule has 0 aromatic carbocycles. The highest BCUT2D eigenvalue weighted by molar-refractivity contribution is 5.83. The third-order valence-corrected chi connectivity index (χ3v) is 1.98. The number of ether oxygens (including phenoxy) is 1. The minimum Gasteiger partial charge on any atom is -0.456 e. The van der Waals surface area contributed by atoms with Crippen LogP contribution in [-0.4, -0.2) is 11.6 Å². The molecule has 10 heavy (non-hydrogen) atoms. The van der Waals surface area contributed by atoms with E-state index in [1.54, 1.807) is 0 Å². The molecule has 1 atom stereocenters. The first-order valence-corrected chi connectivity index (χ1v) is 3.43. The summed E-state index contributed by atoms with van der Waals surface area (Å²) in [4.78, 5) is 10.7. The maximum absolute atomic E-state index is 10.7. The fraction of sp³-hybridized carbons (Fsp3) is 0.625. The average molecular weight is 140 g/mol. The van der Waals surface area contributed by atoms with E-state index in [0.29, 0.717) is 5.92 Å². The summed E-state index contributed by atoms with van der Waals surface area (Å²) >= 11 is 0. The minimum absolute atomic E-state index is 0.233. The summed E-state index contributed by atoms with van der Waals surface area (Å²) < 4.78 is 5.06. The summed E-state index contributed by atoms with van der Waals surface area (Å²) in [6.45, 7) is 5.86. The lowest BCUT2D eigenvalue weighted by molar-refractivity contribution is -0.155. The Morgan fingerprint density at radius 2 is 2.20 bits per heavy atom. The Bertz CT molecular complexity index is 180. The van der Waals surface area contributed by atoms with Crippen LogP contribution in [0, 0.1) is 5.92 Å². The van der Waals surface area contributed by atoms with Crippen LogP contribution in [0.25, 0.3) is 0 Å². The number of hydrogen-bond acceptors (Lipinski definition) is 2. The van der Waals surface area contributed by atoms with E-state index in [2.05, 4.69) is 0 Å². The molecule has 56 valence electrons. The van der Waals surface area contributed by atoms with Gasteiger partial charge >= 0.3 is 5.97 Å². The van der Waals surface area contributed by atoms with E-state index in [0.717, 1.165) is 0 Å². The lowest BCUT2D eigenvalue weighted by Gasteiger charge is -2.31. The van der Waals surface area contributed by atoms with Gasteiger partial charge < -0.3 is 4.74 Å². The van der Waals surface area contributed by atoms with E-state index in [9.17, 15) is 4.79 Å². The number of carbonyl (C=O) groups is 1. The highest BCUT2D eigenvalue weighted by atomic mass is 16.6. The number of esters is 1. The molecule has 1 aliphatic heterocycles. The highest BCUT2D eigenvalue weighted by Crippen LogP contribution is 2.25. The van der Waals surface area contributed by atoms with Crippen LogP contribution in [0.4, 0.5) is 0 Å². The van der Waals surface area contributed by atoms with Crippen LogP contribution in [-0.2, 0) is 9.53 Å². The molecule has 0 fully saturated rings. The zero-order valence-electron chi connectivity index (χ0n) is 6.55. The Balaban J connectivity index is 2.82. The summed E-state index contributed by atoms with van der Waals surface area (Å²) in [5.41, 5.74) is -0.328. The Morgan fingerprint density at radius 3 is 2.60 bits per heavy atom. The highest BCUT2D eigenvalue weighted by Gasteiger charge is 2.30. The van der Waals surface area contributed by atoms with Gasteiger partial charge in [-0.15, -0.1) is 0 Å². The molecule has 1 aliphatic rings. The van der Waals surface area contributed by atoms with Crippen molar-refractivity contribution in [3.8, 4) is 0 Å². The van der Waals surface area contributed by atoms with Crippen molar-refractivity contribution in [2.45, 2.75) is 26.4 Å². The second-order valence-corrected chi connectivity index (χ2v) is 3.17. The first kappa shape index (κ1) is 7.32. The second-order valence-electron chi connectivity index (χ2n) is 3.17. The van der Waals surface area contributed by atoms with E-state index in [-0.39, 0.29) is 11.6 Å². The van der Waals surface area contributed by atoms with E-state index in [4.69, 9.17) is 4.74 Å². The lowest BCUT2D eigenvalue weighted by atomic mass is 9.91. The van der Waals surface area contributed by atoms with E-state index < -0.39 is 0 Å². The van der Waals surface area contributed by atoms with Crippen molar-refractivity contribution in [3.63, 3.8) is 0 Å². The second kappa shape index (κ2) is 2.11. The Hall–Kier alpha value is -0.790. The first-order chi connectivity index (χ1) is 4.52. The Labute approximate surface area is 60.9 Å². The molecule has 0 amide bonds. The van der Waals surface area contributed by atoms with Crippen molar-refractivity contribution in [1.82, 2.24) is 0 Å². The molecule has 0 bridgehead atoms. The van der Waals surface area contributed by atoms with Gasteiger partial charge in [0.1, 0.15) is 5.60 Å². The van der Waals surface area contributed by atoms with Crippen LogP contribution in [0.5, 0.6) is 0 Å². The van der Waals surface area contributed by atoms with Gasteiger partial charge in [-0.1, -0.05) is 13.0 Å². The molecule has 1 heterocycles. The molecular formula is C8H12O2. The van der Waals surface area contributed by atoms with Crippen molar-refractivity contribution in [2.24, 2.45) is 5.92 Å². The lowest BCUT2D eigenvalue weighted by Crippen LogP contribution is -2.36. The van der Waals surface area contributed by atoms with Gasteiger partial charge in [0.2, 0.25) is 0 Å². The van der Waals surface area contributed by atoms with Gasteiger partial charge in [-0.3, -0.25) is 0 Å². The molecule has 0 aromatic heterocycles. The van der Waals surface area contributed by atoms with Gasteiger partial charge in [0.05, 0.1) is 0 Å². The average Bonchev–Trinajstić information content (AvgIpc) is 1.78. The monoisotopic (exact) mass is 140 g/mol. The van der Waals surface area contributed by atoms with Gasteiger partial charge in [-0.05, 0) is 13.8 Å². The van der Waals surface area contributed by atoms with Crippen molar-refractivity contribution in [2.75, 3.05) is 0 Å². The fourth-order valence-electron chi connectivity index (χ4n) is 0.841. The quantitative estimate of drug-likeness (QED) is 0.477. The number of rotatable bonds is 0. The van der Waals surface area contributed by atoms with Gasteiger partial charge in [0.25, 0.3) is 0 Å². The number of carbonyl (C=O) groups excluding carboxylic acids is 1. The molecule has 0 saturated heterocycles. The van der Waals surface area contributed by atoms with Crippen LogP contribution in [0.15, 0.2) is 12.2 Å². The standard InChI is InChI=1S/C8H12O2/c1-6-4-5-7(9)10-8(6,2)3/h4-6H,1-3H3/t6-/m1/s1.